The van der Waals surface area contributed by atoms with Crippen LogP contribution in [0, 0.1) is 12.3 Å². The van der Waals surface area contributed by atoms with Crippen molar-refractivity contribution in [2.45, 2.75) is 64.8 Å². The highest BCUT2D eigenvalue weighted by Crippen LogP contribution is 2.30. The summed E-state index contributed by atoms with van der Waals surface area (Å²) in [6, 6.07) is 0. The molecule has 9 heteroatoms. The first-order valence-electron chi connectivity index (χ1n) is 7.43. The maximum absolute atomic E-state index is 11.5. The molecule has 5 atom stereocenters. The smallest absolute Gasteiger partial charge is 0.305 e. The molecule has 0 spiro atoms. The van der Waals surface area contributed by atoms with Crippen molar-refractivity contribution in [3.8, 4) is 12.3 Å². The van der Waals surface area contributed by atoms with Gasteiger partial charge in [-0.25, -0.2) is 0 Å². The topological polar surface area (TPSA) is 114 Å². The molecule has 1 heterocycles. The van der Waals surface area contributed by atoms with Gasteiger partial charge in [-0.15, -0.1) is 12.3 Å². The fourth-order valence-corrected chi connectivity index (χ4v) is 2.39. The lowest BCUT2D eigenvalue weighted by atomic mass is 9.96. The van der Waals surface area contributed by atoms with E-state index >= 15 is 0 Å². The van der Waals surface area contributed by atoms with E-state index in [1.165, 1.54) is 0 Å². The van der Waals surface area contributed by atoms with Crippen LogP contribution in [0.15, 0.2) is 0 Å². The monoisotopic (exact) mass is 356 g/mol. The molecular weight excluding hydrogens is 336 g/mol. The molecule has 0 aromatic heterocycles. The highest BCUT2D eigenvalue weighted by Gasteiger charge is 2.52. The molecule has 138 valence electrons. The number of carbonyl (C=O) groups excluding carboxylic acids is 4. The fourth-order valence-electron chi connectivity index (χ4n) is 2.39. The largest absolute Gasteiger partial charge is 0.456 e. The summed E-state index contributed by atoms with van der Waals surface area (Å²) in [5.41, 5.74) is 0. The number of hydrogen-bond donors (Lipinski definition) is 0. The minimum Gasteiger partial charge on any atom is -0.456 e. The second-order valence-electron chi connectivity index (χ2n) is 5.28. The van der Waals surface area contributed by atoms with E-state index in [2.05, 4.69) is 5.92 Å². The number of hydrogen-bond acceptors (Lipinski definition) is 9. The van der Waals surface area contributed by atoms with Crippen molar-refractivity contribution in [2.24, 2.45) is 0 Å². The number of esters is 4. The molecule has 0 N–H and O–H groups in total. The van der Waals surface area contributed by atoms with Crippen LogP contribution in [0.1, 0.15) is 34.1 Å². The molecule has 0 aromatic rings. The van der Waals surface area contributed by atoms with Gasteiger partial charge in [-0.1, -0.05) is 0 Å². The summed E-state index contributed by atoms with van der Waals surface area (Å²) < 4.78 is 26.0. The number of carbonyl (C=O) groups is 4. The fraction of sp³-hybridized carbons (Fsp3) is 0.625. The van der Waals surface area contributed by atoms with Gasteiger partial charge in [0, 0.05) is 34.1 Å². The lowest BCUT2D eigenvalue weighted by Gasteiger charge is -2.43. The number of rotatable bonds is 5. The second kappa shape index (κ2) is 9.03. The molecule has 1 aliphatic rings. The van der Waals surface area contributed by atoms with Gasteiger partial charge in [-0.05, 0) is 0 Å². The van der Waals surface area contributed by atoms with Crippen molar-refractivity contribution >= 4 is 23.9 Å². The third-order valence-corrected chi connectivity index (χ3v) is 3.10. The van der Waals surface area contributed by atoms with Crippen LogP contribution in [0.4, 0.5) is 0 Å². The van der Waals surface area contributed by atoms with Gasteiger partial charge in [0.1, 0.15) is 6.10 Å². The van der Waals surface area contributed by atoms with Crippen LogP contribution in [-0.4, -0.2) is 54.6 Å². The lowest BCUT2D eigenvalue weighted by molar-refractivity contribution is -0.294. The normalized spacial score (nSPS) is 28.2. The van der Waals surface area contributed by atoms with Gasteiger partial charge in [0.05, 0.1) is 0 Å². The van der Waals surface area contributed by atoms with Crippen molar-refractivity contribution in [2.75, 3.05) is 0 Å². The van der Waals surface area contributed by atoms with E-state index in [0.717, 1.165) is 27.7 Å². The predicted octanol–water partition coefficient (Wildman–Crippen LogP) is 0.0928. The molecule has 9 nitrogen and oxygen atoms in total. The second-order valence-corrected chi connectivity index (χ2v) is 5.28. The molecule has 1 fully saturated rings. The Morgan fingerprint density at radius 1 is 0.800 bits per heavy atom. The number of terminal acetylenes is 1. The molecule has 1 unspecified atom stereocenters. The zero-order valence-electron chi connectivity index (χ0n) is 14.3. The predicted molar refractivity (Wildman–Crippen MR) is 80.5 cm³/mol. The highest BCUT2D eigenvalue weighted by molar-refractivity contribution is 5.69. The zero-order valence-corrected chi connectivity index (χ0v) is 14.3. The molecule has 0 aliphatic carbocycles. The van der Waals surface area contributed by atoms with Gasteiger partial charge in [-0.3, -0.25) is 19.2 Å². The summed E-state index contributed by atoms with van der Waals surface area (Å²) in [4.78, 5) is 45.6. The van der Waals surface area contributed by atoms with E-state index < -0.39 is 54.6 Å². The van der Waals surface area contributed by atoms with E-state index in [0.29, 0.717) is 0 Å². The highest BCUT2D eigenvalue weighted by atomic mass is 16.7. The van der Waals surface area contributed by atoms with Crippen LogP contribution in [0.25, 0.3) is 0 Å². The van der Waals surface area contributed by atoms with Gasteiger partial charge in [0.25, 0.3) is 0 Å². The first-order valence-corrected chi connectivity index (χ1v) is 7.43. The van der Waals surface area contributed by atoms with Gasteiger partial charge in [0.15, 0.2) is 12.2 Å². The van der Waals surface area contributed by atoms with E-state index in [1.54, 1.807) is 0 Å². The molecule has 0 bridgehead atoms. The van der Waals surface area contributed by atoms with E-state index in [4.69, 9.17) is 30.1 Å². The van der Waals surface area contributed by atoms with Crippen LogP contribution in [0.5, 0.6) is 0 Å². The van der Waals surface area contributed by atoms with E-state index in [1.807, 2.05) is 0 Å². The lowest BCUT2D eigenvalue weighted by Crippen LogP contribution is -2.62. The molecule has 1 rings (SSSR count). The molecule has 0 aromatic carbocycles. The van der Waals surface area contributed by atoms with Crippen LogP contribution in [-0.2, 0) is 42.9 Å². The summed E-state index contributed by atoms with van der Waals surface area (Å²) in [5, 5.41) is 0. The van der Waals surface area contributed by atoms with Crippen molar-refractivity contribution < 1.29 is 42.9 Å². The standard InChI is InChI=1S/C16H20O9/c1-6-7-12-13(21-8(2)17)14(22-9(3)18)15(23-10(4)19)16(25-12)24-11(5)20/h1,12-16H,7H2,2-5H3/t12-,13+,14+,15-,16?/m0/s1. The van der Waals surface area contributed by atoms with E-state index in [-0.39, 0.29) is 6.42 Å². The molecule has 0 amide bonds. The third kappa shape index (κ3) is 6.08. The molecule has 25 heavy (non-hydrogen) atoms. The summed E-state index contributed by atoms with van der Waals surface area (Å²) in [6.45, 7) is 4.52. The Morgan fingerprint density at radius 2 is 1.24 bits per heavy atom. The van der Waals surface area contributed by atoms with Crippen LogP contribution in [0.2, 0.25) is 0 Å². The average Bonchev–Trinajstić information content (AvgIpc) is 2.45. The Bertz CT molecular complexity index is 577. The van der Waals surface area contributed by atoms with Gasteiger partial charge < -0.3 is 23.7 Å². The van der Waals surface area contributed by atoms with Crippen LogP contribution < -0.4 is 0 Å². The minimum atomic E-state index is -1.38. The Labute approximate surface area is 144 Å². The first-order chi connectivity index (χ1) is 11.6. The first kappa shape index (κ1) is 20.4. The Morgan fingerprint density at radius 3 is 1.68 bits per heavy atom. The number of ether oxygens (including phenoxy) is 5. The molecule has 0 saturated carbocycles. The van der Waals surface area contributed by atoms with Gasteiger partial charge in [0.2, 0.25) is 12.4 Å². The SMILES string of the molecule is C#CC[C@@H]1OC(OC(C)=O)[C@@H](OC(C)=O)[C@H](OC(C)=O)[C@@H]1OC(C)=O. The minimum absolute atomic E-state index is 0.0275. The Hall–Kier alpha value is -2.60. The summed E-state index contributed by atoms with van der Waals surface area (Å²) in [7, 11) is 0. The molecular formula is C16H20O9. The van der Waals surface area contributed by atoms with Crippen molar-refractivity contribution in [3.63, 3.8) is 0 Å². The Kier molecular flexibility index (Phi) is 7.39. The Balaban J connectivity index is 3.28. The molecule has 1 aliphatic heterocycles. The summed E-state index contributed by atoms with van der Waals surface area (Å²) in [5.74, 6) is -0.511. The summed E-state index contributed by atoms with van der Waals surface area (Å²) >= 11 is 0. The maximum Gasteiger partial charge on any atom is 0.305 e. The third-order valence-electron chi connectivity index (χ3n) is 3.10. The summed E-state index contributed by atoms with van der Waals surface area (Å²) in [6.07, 6.45) is -0.789. The molecule has 1 saturated heterocycles. The quantitative estimate of drug-likeness (QED) is 0.384. The van der Waals surface area contributed by atoms with E-state index in [9.17, 15) is 19.2 Å². The molecule has 0 radical (unpaired) electrons. The average molecular weight is 356 g/mol. The maximum atomic E-state index is 11.5. The van der Waals surface area contributed by atoms with Gasteiger partial charge >= 0.3 is 23.9 Å². The van der Waals surface area contributed by atoms with Crippen LogP contribution >= 0.6 is 0 Å². The van der Waals surface area contributed by atoms with Crippen LogP contribution in [0.3, 0.4) is 0 Å². The van der Waals surface area contributed by atoms with Gasteiger partial charge in [-0.2, -0.15) is 0 Å². The van der Waals surface area contributed by atoms with Crippen molar-refractivity contribution in [3.05, 3.63) is 0 Å². The zero-order chi connectivity index (χ0) is 19.1. The van der Waals surface area contributed by atoms with Crippen molar-refractivity contribution in [1.29, 1.82) is 0 Å². The van der Waals surface area contributed by atoms with Crippen molar-refractivity contribution in [1.82, 2.24) is 0 Å².